The lowest BCUT2D eigenvalue weighted by atomic mass is 10.0. The van der Waals surface area contributed by atoms with Gasteiger partial charge in [0.05, 0.1) is 11.3 Å². The van der Waals surface area contributed by atoms with E-state index in [0.717, 1.165) is 16.9 Å². The van der Waals surface area contributed by atoms with Gasteiger partial charge in [-0.15, -0.1) is 0 Å². The highest BCUT2D eigenvalue weighted by Gasteiger charge is 2.40. The summed E-state index contributed by atoms with van der Waals surface area (Å²) >= 11 is 0. The minimum Gasteiger partial charge on any atom is -0.378 e. The van der Waals surface area contributed by atoms with Crippen LogP contribution in [0.25, 0.3) is 5.57 Å². The number of hydrogen-bond acceptors (Lipinski definition) is 4. The number of imide groups is 1. The van der Waals surface area contributed by atoms with Crippen molar-refractivity contribution >= 4 is 34.4 Å². The molecule has 4 rings (SSSR count). The zero-order valence-electron chi connectivity index (χ0n) is 17.2. The van der Waals surface area contributed by atoms with Crippen LogP contribution in [0.3, 0.4) is 0 Å². The topological polar surface area (TPSA) is 52.7 Å². The minimum atomic E-state index is -0.363. The Kier molecular flexibility index (Phi) is 5.11. The lowest BCUT2D eigenvalue weighted by Gasteiger charge is -2.18. The van der Waals surface area contributed by atoms with E-state index in [0.29, 0.717) is 16.8 Å². The molecule has 1 aliphatic heterocycles. The number of carbonyl (C=O) groups excluding carboxylic acids is 2. The maximum absolute atomic E-state index is 13.4. The van der Waals surface area contributed by atoms with Gasteiger partial charge in [0.25, 0.3) is 11.8 Å². The first-order valence-corrected chi connectivity index (χ1v) is 9.75. The molecule has 0 saturated carbocycles. The molecular weight excluding hydrogens is 374 g/mol. The molecule has 0 radical (unpaired) electrons. The molecule has 1 N–H and O–H groups in total. The zero-order valence-corrected chi connectivity index (χ0v) is 17.2. The molecule has 0 bridgehead atoms. The van der Waals surface area contributed by atoms with E-state index in [1.807, 2.05) is 92.6 Å². The van der Waals surface area contributed by atoms with Crippen molar-refractivity contribution in [3.05, 3.63) is 95.7 Å². The van der Waals surface area contributed by atoms with Crippen LogP contribution >= 0.6 is 0 Å². The van der Waals surface area contributed by atoms with Gasteiger partial charge in [0.1, 0.15) is 5.70 Å². The van der Waals surface area contributed by atoms with Crippen molar-refractivity contribution in [2.24, 2.45) is 0 Å². The van der Waals surface area contributed by atoms with Crippen molar-refractivity contribution in [3.8, 4) is 0 Å². The van der Waals surface area contributed by atoms with E-state index in [1.165, 1.54) is 4.90 Å². The van der Waals surface area contributed by atoms with E-state index in [2.05, 4.69) is 5.32 Å². The van der Waals surface area contributed by atoms with Crippen LogP contribution in [0.4, 0.5) is 17.1 Å². The number of amides is 2. The molecule has 0 aliphatic carbocycles. The predicted octanol–water partition coefficient (Wildman–Crippen LogP) is 4.46. The molecule has 30 heavy (non-hydrogen) atoms. The number of nitrogens with one attached hydrogen (secondary N) is 1. The SMILES string of the molecule is Cc1cccc(NC2=C(c3ccccc3)C(=O)N(c3ccc(N(C)C)cc3)C2=O)c1. The second-order valence-corrected chi connectivity index (χ2v) is 7.47. The van der Waals surface area contributed by atoms with Crippen LogP contribution < -0.4 is 15.1 Å². The summed E-state index contributed by atoms with van der Waals surface area (Å²) in [7, 11) is 3.89. The molecule has 5 heteroatoms. The number of anilines is 3. The Bertz CT molecular complexity index is 1130. The number of aryl methyl sites for hydroxylation is 1. The summed E-state index contributed by atoms with van der Waals surface area (Å²) in [6.45, 7) is 1.98. The van der Waals surface area contributed by atoms with Gasteiger partial charge >= 0.3 is 0 Å². The Morgan fingerprint density at radius 3 is 2.13 bits per heavy atom. The van der Waals surface area contributed by atoms with Gasteiger partial charge in [0.15, 0.2) is 0 Å². The standard InChI is InChI=1S/C25H23N3O2/c1-17-8-7-11-19(16-17)26-23-22(18-9-5-4-6-10-18)24(29)28(25(23)30)21-14-12-20(13-15-21)27(2)3/h4-16,26H,1-3H3. The molecule has 0 atom stereocenters. The lowest BCUT2D eigenvalue weighted by molar-refractivity contribution is -0.120. The molecular formula is C25H23N3O2. The lowest BCUT2D eigenvalue weighted by Crippen LogP contribution is -2.32. The summed E-state index contributed by atoms with van der Waals surface area (Å²) in [5.74, 6) is -0.697. The van der Waals surface area contributed by atoms with Crippen LogP contribution in [0, 0.1) is 6.92 Å². The van der Waals surface area contributed by atoms with Crippen LogP contribution in [-0.4, -0.2) is 25.9 Å². The van der Waals surface area contributed by atoms with Crippen molar-refractivity contribution in [2.75, 3.05) is 29.2 Å². The molecule has 2 amide bonds. The molecule has 5 nitrogen and oxygen atoms in total. The normalized spacial score (nSPS) is 13.8. The van der Waals surface area contributed by atoms with Crippen LogP contribution in [-0.2, 0) is 9.59 Å². The third-order valence-electron chi connectivity index (χ3n) is 5.06. The highest BCUT2D eigenvalue weighted by molar-refractivity contribution is 6.46. The highest BCUT2D eigenvalue weighted by Crippen LogP contribution is 2.34. The summed E-state index contributed by atoms with van der Waals surface area (Å²) in [5.41, 5.74) is 4.74. The first kappa shape index (κ1) is 19.5. The molecule has 0 unspecified atom stereocenters. The first-order valence-electron chi connectivity index (χ1n) is 9.75. The fourth-order valence-electron chi connectivity index (χ4n) is 3.52. The number of carbonyl (C=O) groups is 2. The number of hydrogen-bond donors (Lipinski definition) is 1. The van der Waals surface area contributed by atoms with Gasteiger partial charge in [0, 0.05) is 25.5 Å². The molecule has 0 saturated heterocycles. The van der Waals surface area contributed by atoms with E-state index >= 15 is 0 Å². The summed E-state index contributed by atoms with van der Waals surface area (Å²) in [4.78, 5) is 30.0. The summed E-state index contributed by atoms with van der Waals surface area (Å²) < 4.78 is 0. The van der Waals surface area contributed by atoms with E-state index < -0.39 is 0 Å². The fraction of sp³-hybridized carbons (Fsp3) is 0.120. The molecule has 150 valence electrons. The van der Waals surface area contributed by atoms with Gasteiger partial charge in [-0.1, -0.05) is 42.5 Å². The Balaban J connectivity index is 1.77. The maximum Gasteiger partial charge on any atom is 0.282 e. The van der Waals surface area contributed by atoms with E-state index in [9.17, 15) is 9.59 Å². The smallest absolute Gasteiger partial charge is 0.282 e. The zero-order chi connectivity index (χ0) is 21.3. The van der Waals surface area contributed by atoms with E-state index in [1.54, 1.807) is 12.1 Å². The van der Waals surface area contributed by atoms with Crippen LogP contribution in [0.15, 0.2) is 84.6 Å². The molecule has 0 spiro atoms. The third-order valence-corrected chi connectivity index (χ3v) is 5.06. The second-order valence-electron chi connectivity index (χ2n) is 7.47. The predicted molar refractivity (Wildman–Crippen MR) is 121 cm³/mol. The summed E-state index contributed by atoms with van der Waals surface area (Å²) in [5, 5.41) is 3.20. The van der Waals surface area contributed by atoms with Crippen molar-refractivity contribution in [3.63, 3.8) is 0 Å². The number of nitrogens with zero attached hydrogens (tertiary/aromatic N) is 2. The molecule has 0 aromatic heterocycles. The molecule has 3 aromatic rings. The fourth-order valence-corrected chi connectivity index (χ4v) is 3.52. The van der Waals surface area contributed by atoms with Gasteiger partial charge in [-0.25, -0.2) is 4.90 Å². The minimum absolute atomic E-state index is 0.286. The van der Waals surface area contributed by atoms with Crippen LogP contribution in [0.5, 0.6) is 0 Å². The van der Waals surface area contributed by atoms with Gasteiger partial charge in [-0.05, 0) is 54.4 Å². The van der Waals surface area contributed by atoms with E-state index in [-0.39, 0.29) is 17.5 Å². The first-order chi connectivity index (χ1) is 14.5. The molecule has 1 aliphatic rings. The number of rotatable bonds is 5. The van der Waals surface area contributed by atoms with Crippen molar-refractivity contribution in [1.82, 2.24) is 0 Å². The van der Waals surface area contributed by atoms with Gasteiger partial charge in [-0.2, -0.15) is 0 Å². The molecule has 1 heterocycles. The Labute approximate surface area is 176 Å². The quantitative estimate of drug-likeness (QED) is 0.646. The maximum atomic E-state index is 13.4. The third kappa shape index (κ3) is 3.57. The van der Waals surface area contributed by atoms with Crippen molar-refractivity contribution in [1.29, 1.82) is 0 Å². The van der Waals surface area contributed by atoms with Crippen LogP contribution in [0.1, 0.15) is 11.1 Å². The summed E-state index contributed by atoms with van der Waals surface area (Å²) in [6.07, 6.45) is 0. The average molecular weight is 397 g/mol. The number of benzene rings is 3. The second kappa shape index (κ2) is 7.87. The van der Waals surface area contributed by atoms with Gasteiger partial charge in [0.2, 0.25) is 0 Å². The van der Waals surface area contributed by atoms with Crippen LogP contribution in [0.2, 0.25) is 0 Å². The monoisotopic (exact) mass is 397 g/mol. The van der Waals surface area contributed by atoms with E-state index in [4.69, 9.17) is 0 Å². The largest absolute Gasteiger partial charge is 0.378 e. The van der Waals surface area contributed by atoms with Crippen molar-refractivity contribution in [2.45, 2.75) is 6.92 Å². The Hall–Kier alpha value is -3.86. The summed E-state index contributed by atoms with van der Waals surface area (Å²) in [6, 6.07) is 24.4. The molecule has 0 fully saturated rings. The molecule has 3 aromatic carbocycles. The Morgan fingerprint density at radius 1 is 0.800 bits per heavy atom. The average Bonchev–Trinajstić information content (AvgIpc) is 2.98. The highest BCUT2D eigenvalue weighted by atomic mass is 16.2. The van der Waals surface area contributed by atoms with Gasteiger partial charge in [-0.3, -0.25) is 9.59 Å². The Morgan fingerprint density at radius 2 is 1.50 bits per heavy atom. The van der Waals surface area contributed by atoms with Crippen molar-refractivity contribution < 1.29 is 9.59 Å². The van der Waals surface area contributed by atoms with Gasteiger partial charge < -0.3 is 10.2 Å².